The number of carbonyl (C=O) groups is 2. The zero-order chi connectivity index (χ0) is 21.8. The number of hydrogen-bond acceptors (Lipinski definition) is 5. The van der Waals surface area contributed by atoms with E-state index in [1.165, 1.54) is 0 Å². The zero-order valence-electron chi connectivity index (χ0n) is 18.0. The summed E-state index contributed by atoms with van der Waals surface area (Å²) in [7, 11) is 0. The number of hydrogen-bond donors (Lipinski definition) is 2. The van der Waals surface area contributed by atoms with Crippen molar-refractivity contribution in [2.24, 2.45) is 5.92 Å². The number of furan rings is 1. The van der Waals surface area contributed by atoms with Gasteiger partial charge in [0, 0.05) is 17.2 Å². The normalized spacial score (nSPS) is 11.9. The molecule has 3 aromatic rings. The molecule has 1 aromatic carbocycles. The van der Waals surface area contributed by atoms with Crippen LogP contribution in [-0.2, 0) is 11.3 Å². The van der Waals surface area contributed by atoms with Gasteiger partial charge in [0.25, 0.3) is 5.91 Å². The Labute approximate surface area is 175 Å². The third kappa shape index (κ3) is 4.79. The van der Waals surface area contributed by atoms with E-state index < -0.39 is 0 Å². The van der Waals surface area contributed by atoms with Crippen molar-refractivity contribution in [1.82, 2.24) is 10.3 Å². The number of aryl methyl sites for hydroxylation is 3. The molecular weight excluding hydrogens is 382 g/mol. The number of nitrogens with zero attached hydrogens (tertiary/aromatic N) is 1. The molecule has 7 nitrogen and oxygen atoms in total. The second kappa shape index (κ2) is 8.98. The van der Waals surface area contributed by atoms with Gasteiger partial charge < -0.3 is 19.5 Å². The molecule has 2 amide bonds. The predicted molar refractivity (Wildman–Crippen MR) is 114 cm³/mol. The highest BCUT2D eigenvalue weighted by Crippen LogP contribution is 2.25. The Bertz CT molecular complexity index is 1060. The Hall–Kier alpha value is -3.35. The largest absolute Gasteiger partial charge is 0.466 e. The van der Waals surface area contributed by atoms with Gasteiger partial charge in [-0.3, -0.25) is 9.59 Å². The van der Waals surface area contributed by atoms with Gasteiger partial charge in [-0.1, -0.05) is 19.9 Å². The summed E-state index contributed by atoms with van der Waals surface area (Å²) in [5.41, 5.74) is 2.54. The van der Waals surface area contributed by atoms with Crippen molar-refractivity contribution in [3.63, 3.8) is 0 Å². The van der Waals surface area contributed by atoms with Gasteiger partial charge in [0.2, 0.25) is 11.8 Å². The summed E-state index contributed by atoms with van der Waals surface area (Å²) in [5.74, 6) is 2.07. The van der Waals surface area contributed by atoms with Gasteiger partial charge in [0.1, 0.15) is 23.0 Å². The first-order chi connectivity index (χ1) is 14.3. The highest BCUT2D eigenvalue weighted by molar-refractivity contribution is 6.05. The summed E-state index contributed by atoms with van der Waals surface area (Å²) in [6, 6.07) is 8.99. The quantitative estimate of drug-likeness (QED) is 0.585. The highest BCUT2D eigenvalue weighted by atomic mass is 16.4. The lowest BCUT2D eigenvalue weighted by molar-refractivity contribution is -0.124. The van der Waals surface area contributed by atoms with Crippen molar-refractivity contribution < 1.29 is 18.4 Å². The molecule has 2 aromatic heterocycles. The van der Waals surface area contributed by atoms with Crippen LogP contribution in [0.2, 0.25) is 0 Å². The standard InChI is InChI=1S/C23H27N3O4/c1-6-13(2)21(27)24-12-20-16(5)30-23(26-20)17-8-7-9-18(11-17)25-22(28)19-10-14(3)29-15(19)4/h7-11,13H,6,12H2,1-5H3,(H,24,27)(H,25,28). The number of anilines is 1. The van der Waals surface area contributed by atoms with Gasteiger partial charge in [-0.2, -0.15) is 0 Å². The van der Waals surface area contributed by atoms with E-state index in [1.54, 1.807) is 32.0 Å². The van der Waals surface area contributed by atoms with Crippen LogP contribution in [-0.4, -0.2) is 16.8 Å². The van der Waals surface area contributed by atoms with E-state index in [0.717, 1.165) is 12.0 Å². The summed E-state index contributed by atoms with van der Waals surface area (Å²) >= 11 is 0. The molecule has 0 aliphatic carbocycles. The van der Waals surface area contributed by atoms with Crippen molar-refractivity contribution >= 4 is 17.5 Å². The molecule has 2 N–H and O–H groups in total. The van der Waals surface area contributed by atoms with E-state index in [-0.39, 0.29) is 17.7 Å². The van der Waals surface area contributed by atoms with Gasteiger partial charge in [0.15, 0.2) is 0 Å². The van der Waals surface area contributed by atoms with Crippen LogP contribution in [0.4, 0.5) is 5.69 Å². The van der Waals surface area contributed by atoms with E-state index in [1.807, 2.05) is 32.9 Å². The lowest BCUT2D eigenvalue weighted by atomic mass is 10.1. The lowest BCUT2D eigenvalue weighted by Crippen LogP contribution is -2.28. The second-order valence-corrected chi connectivity index (χ2v) is 7.41. The first-order valence-corrected chi connectivity index (χ1v) is 10.0. The minimum atomic E-state index is -0.237. The van der Waals surface area contributed by atoms with Crippen LogP contribution >= 0.6 is 0 Å². The summed E-state index contributed by atoms with van der Waals surface area (Å²) in [6.07, 6.45) is 0.783. The maximum Gasteiger partial charge on any atom is 0.259 e. The Morgan fingerprint density at radius 3 is 2.53 bits per heavy atom. The molecule has 1 unspecified atom stereocenters. The molecular formula is C23H27N3O4. The summed E-state index contributed by atoms with van der Waals surface area (Å²) in [6.45, 7) is 9.56. The average molecular weight is 409 g/mol. The third-order valence-electron chi connectivity index (χ3n) is 5.04. The van der Waals surface area contributed by atoms with Crippen molar-refractivity contribution in [3.05, 3.63) is 58.9 Å². The van der Waals surface area contributed by atoms with Crippen molar-refractivity contribution in [3.8, 4) is 11.5 Å². The molecule has 158 valence electrons. The van der Waals surface area contributed by atoms with Crippen LogP contribution in [0.3, 0.4) is 0 Å². The zero-order valence-corrected chi connectivity index (χ0v) is 18.0. The molecule has 1 atom stereocenters. The number of aromatic nitrogens is 1. The number of oxazole rings is 1. The summed E-state index contributed by atoms with van der Waals surface area (Å²) in [5, 5.41) is 5.77. The molecule has 0 saturated heterocycles. The number of carbonyl (C=O) groups excluding carboxylic acids is 2. The second-order valence-electron chi connectivity index (χ2n) is 7.41. The Balaban J connectivity index is 1.73. The van der Waals surface area contributed by atoms with Crippen LogP contribution in [0.1, 0.15) is 53.6 Å². The molecule has 0 bridgehead atoms. The van der Waals surface area contributed by atoms with E-state index in [9.17, 15) is 9.59 Å². The maximum absolute atomic E-state index is 12.5. The first kappa shape index (κ1) is 21.4. The van der Waals surface area contributed by atoms with E-state index in [4.69, 9.17) is 8.83 Å². The molecule has 2 heterocycles. The van der Waals surface area contributed by atoms with Crippen LogP contribution in [0, 0.1) is 26.7 Å². The van der Waals surface area contributed by atoms with Crippen LogP contribution < -0.4 is 10.6 Å². The SMILES string of the molecule is CCC(C)C(=O)NCc1nc(-c2cccc(NC(=O)c3cc(C)oc3C)c2)oc1C. The predicted octanol–water partition coefficient (Wildman–Crippen LogP) is 4.77. The minimum absolute atomic E-state index is 0.00376. The molecule has 0 aliphatic rings. The van der Waals surface area contributed by atoms with E-state index in [2.05, 4.69) is 15.6 Å². The molecule has 0 spiro atoms. The number of amides is 2. The Morgan fingerprint density at radius 1 is 1.10 bits per heavy atom. The van der Waals surface area contributed by atoms with Crippen molar-refractivity contribution in [2.45, 2.75) is 47.6 Å². The van der Waals surface area contributed by atoms with E-state index in [0.29, 0.717) is 46.7 Å². The summed E-state index contributed by atoms with van der Waals surface area (Å²) in [4.78, 5) is 29.1. The topological polar surface area (TPSA) is 97.4 Å². The van der Waals surface area contributed by atoms with Crippen LogP contribution in [0.15, 0.2) is 39.2 Å². The van der Waals surface area contributed by atoms with Gasteiger partial charge in [0.05, 0.1) is 12.1 Å². The molecule has 0 fully saturated rings. The smallest absolute Gasteiger partial charge is 0.259 e. The van der Waals surface area contributed by atoms with Gasteiger partial charge >= 0.3 is 0 Å². The molecule has 0 radical (unpaired) electrons. The molecule has 3 rings (SSSR count). The van der Waals surface area contributed by atoms with Gasteiger partial charge in [-0.15, -0.1) is 0 Å². The van der Waals surface area contributed by atoms with E-state index >= 15 is 0 Å². The molecule has 0 aliphatic heterocycles. The number of benzene rings is 1. The first-order valence-electron chi connectivity index (χ1n) is 10.0. The molecule has 30 heavy (non-hydrogen) atoms. The fourth-order valence-electron chi connectivity index (χ4n) is 3.03. The highest BCUT2D eigenvalue weighted by Gasteiger charge is 2.17. The van der Waals surface area contributed by atoms with Gasteiger partial charge in [-0.25, -0.2) is 4.98 Å². The lowest BCUT2D eigenvalue weighted by Gasteiger charge is -2.08. The average Bonchev–Trinajstić information content (AvgIpc) is 3.26. The number of nitrogens with one attached hydrogen (secondary N) is 2. The molecule has 7 heteroatoms. The minimum Gasteiger partial charge on any atom is -0.466 e. The number of rotatable bonds is 7. The summed E-state index contributed by atoms with van der Waals surface area (Å²) < 4.78 is 11.2. The van der Waals surface area contributed by atoms with Crippen LogP contribution in [0.25, 0.3) is 11.5 Å². The van der Waals surface area contributed by atoms with Crippen molar-refractivity contribution in [1.29, 1.82) is 0 Å². The Morgan fingerprint density at radius 2 is 1.87 bits per heavy atom. The monoisotopic (exact) mass is 409 g/mol. The fourth-order valence-corrected chi connectivity index (χ4v) is 3.03. The van der Waals surface area contributed by atoms with Crippen LogP contribution in [0.5, 0.6) is 0 Å². The Kier molecular flexibility index (Phi) is 6.40. The maximum atomic E-state index is 12.5. The fraction of sp³-hybridized carbons (Fsp3) is 0.348. The third-order valence-corrected chi connectivity index (χ3v) is 5.04. The van der Waals surface area contributed by atoms with Crippen molar-refractivity contribution in [2.75, 3.05) is 5.32 Å². The molecule has 0 saturated carbocycles. The van der Waals surface area contributed by atoms with Gasteiger partial charge in [-0.05, 0) is 51.5 Å².